The van der Waals surface area contributed by atoms with E-state index < -0.39 is 18.2 Å². The highest BCUT2D eigenvalue weighted by molar-refractivity contribution is 5.85. The number of aliphatic carboxylic acids is 1. The Morgan fingerprint density at radius 3 is 2.45 bits per heavy atom. The van der Waals surface area contributed by atoms with Gasteiger partial charge in [-0.25, -0.2) is 4.39 Å². The third-order valence-corrected chi connectivity index (χ3v) is 1.78. The minimum Gasteiger partial charge on any atom is -0.480 e. The van der Waals surface area contributed by atoms with Gasteiger partial charge in [0, 0.05) is 13.0 Å². The number of rotatable bonds is 1. The van der Waals surface area contributed by atoms with E-state index in [0.29, 0.717) is 0 Å². The van der Waals surface area contributed by atoms with Crippen LogP contribution in [0.4, 0.5) is 4.39 Å². The average molecular weight is 184 g/mol. The number of halogens is 2. The van der Waals surface area contributed by atoms with Gasteiger partial charge in [-0.2, -0.15) is 0 Å². The van der Waals surface area contributed by atoms with Crippen molar-refractivity contribution in [3.63, 3.8) is 0 Å². The van der Waals surface area contributed by atoms with E-state index in [2.05, 4.69) is 0 Å². The molecular formula is C6H11ClFNO2. The summed E-state index contributed by atoms with van der Waals surface area (Å²) in [6.07, 6.45) is -0.836. The van der Waals surface area contributed by atoms with E-state index in [1.54, 1.807) is 7.05 Å². The number of likely N-dealkylation sites (N-methyl/N-ethyl adjacent to an activating group) is 1. The molecule has 0 amide bonds. The normalized spacial score (nSPS) is 31.5. The summed E-state index contributed by atoms with van der Waals surface area (Å²) in [5.41, 5.74) is 0. The predicted octanol–water partition coefficient (Wildman–Crippen LogP) is 0.535. The average Bonchev–Trinajstić information content (AvgIpc) is 2.10. The van der Waals surface area contributed by atoms with Gasteiger partial charge in [-0.3, -0.25) is 9.69 Å². The highest BCUT2D eigenvalue weighted by Crippen LogP contribution is 2.17. The molecule has 0 spiro atoms. The molecule has 0 aromatic heterocycles. The van der Waals surface area contributed by atoms with E-state index in [-0.39, 0.29) is 25.4 Å². The summed E-state index contributed by atoms with van der Waals surface area (Å²) in [5.74, 6) is -0.928. The molecule has 0 radical (unpaired) electrons. The number of carbonyl (C=O) groups is 1. The number of alkyl halides is 1. The van der Waals surface area contributed by atoms with Crippen LogP contribution >= 0.6 is 12.4 Å². The van der Waals surface area contributed by atoms with Gasteiger partial charge in [-0.05, 0) is 7.05 Å². The molecular weight excluding hydrogens is 173 g/mol. The van der Waals surface area contributed by atoms with Crippen LogP contribution < -0.4 is 0 Å². The first-order chi connectivity index (χ1) is 4.61. The fraction of sp³-hybridized carbons (Fsp3) is 0.833. The Balaban J connectivity index is 0.000001000. The van der Waals surface area contributed by atoms with Crippen molar-refractivity contribution < 1.29 is 14.3 Å². The van der Waals surface area contributed by atoms with Gasteiger partial charge < -0.3 is 5.11 Å². The first-order valence-corrected chi connectivity index (χ1v) is 3.18. The van der Waals surface area contributed by atoms with Gasteiger partial charge in [0.25, 0.3) is 0 Å². The van der Waals surface area contributed by atoms with Crippen LogP contribution in [0.2, 0.25) is 0 Å². The van der Waals surface area contributed by atoms with Crippen molar-refractivity contribution in [2.75, 3.05) is 13.6 Å². The smallest absolute Gasteiger partial charge is 0.321 e. The number of likely N-dealkylation sites (tertiary alicyclic amines) is 1. The SMILES string of the molecule is CN1C[C@H](F)C[C@H]1C(=O)O.Cl. The molecule has 2 atom stereocenters. The Morgan fingerprint density at radius 1 is 1.73 bits per heavy atom. The fourth-order valence-corrected chi connectivity index (χ4v) is 1.23. The topological polar surface area (TPSA) is 40.5 Å². The molecule has 1 aliphatic heterocycles. The zero-order valence-electron chi connectivity index (χ0n) is 6.16. The van der Waals surface area contributed by atoms with E-state index in [9.17, 15) is 9.18 Å². The minimum absolute atomic E-state index is 0. The second kappa shape index (κ2) is 3.88. The maximum Gasteiger partial charge on any atom is 0.321 e. The maximum absolute atomic E-state index is 12.5. The molecule has 1 rings (SSSR count). The summed E-state index contributed by atoms with van der Waals surface area (Å²) in [5, 5.41) is 8.49. The van der Waals surface area contributed by atoms with Crippen LogP contribution in [-0.2, 0) is 4.79 Å². The lowest BCUT2D eigenvalue weighted by Gasteiger charge is -2.12. The van der Waals surface area contributed by atoms with E-state index in [1.165, 1.54) is 4.90 Å². The third-order valence-electron chi connectivity index (χ3n) is 1.78. The van der Waals surface area contributed by atoms with Gasteiger partial charge in [0.2, 0.25) is 0 Å². The lowest BCUT2D eigenvalue weighted by atomic mass is 10.2. The largest absolute Gasteiger partial charge is 0.480 e. The first-order valence-electron chi connectivity index (χ1n) is 3.18. The number of hydrogen-bond acceptors (Lipinski definition) is 2. The third kappa shape index (κ3) is 2.31. The number of carboxylic acids is 1. The van der Waals surface area contributed by atoms with Crippen molar-refractivity contribution in [2.24, 2.45) is 0 Å². The van der Waals surface area contributed by atoms with Gasteiger partial charge in [0.05, 0.1) is 0 Å². The molecule has 1 heterocycles. The number of hydrogen-bond donors (Lipinski definition) is 1. The van der Waals surface area contributed by atoms with Crippen LogP contribution in [-0.4, -0.2) is 41.8 Å². The van der Waals surface area contributed by atoms with Gasteiger partial charge >= 0.3 is 5.97 Å². The summed E-state index contributed by atoms with van der Waals surface area (Å²) in [7, 11) is 1.62. The molecule has 1 saturated heterocycles. The zero-order chi connectivity index (χ0) is 7.72. The quantitative estimate of drug-likeness (QED) is 0.645. The summed E-state index contributed by atoms with van der Waals surface area (Å²) in [6.45, 7) is 0.247. The Bertz CT molecular complexity index is 156. The first kappa shape index (κ1) is 10.7. The standard InChI is InChI=1S/C6H10FNO2.ClH/c1-8-3-4(7)2-5(8)6(9)10;/h4-5H,2-3H2,1H3,(H,9,10);1H/t4-,5+;/m1./s1. The summed E-state index contributed by atoms with van der Waals surface area (Å²) < 4.78 is 12.5. The van der Waals surface area contributed by atoms with Crippen molar-refractivity contribution >= 4 is 18.4 Å². The molecule has 0 aromatic carbocycles. The molecule has 1 aliphatic rings. The van der Waals surface area contributed by atoms with Crippen molar-refractivity contribution in [3.05, 3.63) is 0 Å². The monoisotopic (exact) mass is 183 g/mol. The second-order valence-corrected chi connectivity index (χ2v) is 2.63. The molecule has 1 fully saturated rings. The summed E-state index contributed by atoms with van der Waals surface area (Å²) >= 11 is 0. The van der Waals surface area contributed by atoms with Crippen LogP contribution in [0, 0.1) is 0 Å². The second-order valence-electron chi connectivity index (χ2n) is 2.63. The molecule has 66 valence electrons. The van der Waals surface area contributed by atoms with Gasteiger partial charge in [0.15, 0.2) is 0 Å². The lowest BCUT2D eigenvalue weighted by Crippen LogP contribution is -2.32. The van der Waals surface area contributed by atoms with Gasteiger partial charge in [-0.1, -0.05) is 0 Å². The molecule has 0 aliphatic carbocycles. The van der Waals surface area contributed by atoms with E-state index >= 15 is 0 Å². The molecule has 0 bridgehead atoms. The Labute approximate surface area is 70.6 Å². The van der Waals surface area contributed by atoms with Crippen molar-refractivity contribution in [1.82, 2.24) is 4.90 Å². The van der Waals surface area contributed by atoms with E-state index in [4.69, 9.17) is 5.11 Å². The van der Waals surface area contributed by atoms with Crippen LogP contribution in [0.15, 0.2) is 0 Å². The van der Waals surface area contributed by atoms with Crippen LogP contribution in [0.25, 0.3) is 0 Å². The molecule has 0 unspecified atom stereocenters. The van der Waals surface area contributed by atoms with Crippen molar-refractivity contribution in [2.45, 2.75) is 18.6 Å². The van der Waals surface area contributed by atoms with Gasteiger partial charge in [0.1, 0.15) is 12.2 Å². The molecule has 11 heavy (non-hydrogen) atoms. The molecule has 5 heteroatoms. The summed E-state index contributed by atoms with van der Waals surface area (Å²) in [6, 6.07) is -0.616. The van der Waals surface area contributed by atoms with Crippen LogP contribution in [0.5, 0.6) is 0 Å². The van der Waals surface area contributed by atoms with Gasteiger partial charge in [-0.15, -0.1) is 12.4 Å². The molecule has 1 N–H and O–H groups in total. The van der Waals surface area contributed by atoms with Crippen LogP contribution in [0.3, 0.4) is 0 Å². The molecule has 3 nitrogen and oxygen atoms in total. The number of carboxylic acid groups (broad SMARTS) is 1. The highest BCUT2D eigenvalue weighted by atomic mass is 35.5. The fourth-order valence-electron chi connectivity index (χ4n) is 1.23. The highest BCUT2D eigenvalue weighted by Gasteiger charge is 2.34. The van der Waals surface area contributed by atoms with Crippen molar-refractivity contribution in [1.29, 1.82) is 0 Å². The number of nitrogens with zero attached hydrogens (tertiary/aromatic N) is 1. The molecule has 0 saturated carbocycles. The Kier molecular flexibility index (Phi) is 3.75. The predicted molar refractivity (Wildman–Crippen MR) is 40.8 cm³/mol. The minimum atomic E-state index is -0.967. The Hall–Kier alpha value is -0.350. The van der Waals surface area contributed by atoms with Crippen molar-refractivity contribution in [3.8, 4) is 0 Å². The maximum atomic E-state index is 12.5. The summed E-state index contributed by atoms with van der Waals surface area (Å²) in [4.78, 5) is 11.9. The Morgan fingerprint density at radius 2 is 2.27 bits per heavy atom. The van der Waals surface area contributed by atoms with Crippen LogP contribution in [0.1, 0.15) is 6.42 Å². The van der Waals surface area contributed by atoms with E-state index in [0.717, 1.165) is 0 Å². The van der Waals surface area contributed by atoms with E-state index in [1.807, 2.05) is 0 Å². The molecule has 0 aromatic rings. The lowest BCUT2D eigenvalue weighted by molar-refractivity contribution is -0.141. The zero-order valence-corrected chi connectivity index (χ0v) is 6.97.